The number of benzene rings is 1. The number of anilines is 1. The third-order valence-corrected chi connectivity index (χ3v) is 8.18. The molecule has 0 unspecified atom stereocenters. The largest absolute Gasteiger partial charge is 0.495 e. The first-order valence-corrected chi connectivity index (χ1v) is 12.0. The van der Waals surface area contributed by atoms with Crippen molar-refractivity contribution in [2.24, 2.45) is 0 Å². The number of carbonyl (C=O) groups is 1. The van der Waals surface area contributed by atoms with Crippen LogP contribution in [0.5, 0.6) is 5.75 Å². The lowest BCUT2D eigenvalue weighted by molar-refractivity contribution is -0.114. The fourth-order valence-corrected chi connectivity index (χ4v) is 6.74. The first-order valence-electron chi connectivity index (χ1n) is 8.79. The zero-order valence-corrected chi connectivity index (χ0v) is 18.1. The van der Waals surface area contributed by atoms with E-state index in [1.54, 1.807) is 6.07 Å². The number of methoxy groups -OCH3 is 1. The number of amides is 1. The molecule has 1 aromatic carbocycles. The lowest BCUT2D eigenvalue weighted by Gasteiger charge is -2.29. The Morgan fingerprint density at radius 2 is 1.96 bits per heavy atom. The van der Waals surface area contributed by atoms with E-state index in [2.05, 4.69) is 5.32 Å². The third kappa shape index (κ3) is 5.43. The van der Waals surface area contributed by atoms with Crippen molar-refractivity contribution < 1.29 is 26.4 Å². The summed E-state index contributed by atoms with van der Waals surface area (Å²) >= 11 is 0. The Hall–Kier alpha value is -1.69. The molecule has 1 heterocycles. The number of carbonyl (C=O) groups excluding carboxylic acids is 1. The molecule has 1 saturated heterocycles. The average Bonchev–Trinajstić information content (AvgIpc) is 2.93. The Kier molecular flexibility index (Phi) is 7.07. The van der Waals surface area contributed by atoms with E-state index < -0.39 is 25.9 Å². The van der Waals surface area contributed by atoms with Crippen molar-refractivity contribution in [2.75, 3.05) is 51.1 Å². The summed E-state index contributed by atoms with van der Waals surface area (Å²) in [7, 11) is -2.35. The minimum absolute atomic E-state index is 0.0330. The number of sulfone groups is 1. The summed E-state index contributed by atoms with van der Waals surface area (Å²) < 4.78 is 57.3. The van der Waals surface area contributed by atoms with Crippen molar-refractivity contribution in [1.29, 1.82) is 0 Å². The zero-order chi connectivity index (χ0) is 21.1. The van der Waals surface area contributed by atoms with Gasteiger partial charge in [0, 0.05) is 31.7 Å². The molecule has 1 aromatic rings. The molecule has 1 aliphatic heterocycles. The Labute approximate surface area is 166 Å². The standard InChI is InChI=1S/C17H27N3O6S2/c1-13(21)18-14-5-6-16(26-4)17(11-14)28(24,25)20(9-8-19(2)3)15-7-10-27(22,23)12-15/h5-6,11,15H,7-10,12H2,1-4H3,(H,18,21)/t15-/m1/s1. The predicted octanol–water partition coefficient (Wildman–Crippen LogP) is 0.393. The second-order valence-electron chi connectivity index (χ2n) is 7.02. The molecular weight excluding hydrogens is 406 g/mol. The van der Waals surface area contributed by atoms with Gasteiger partial charge < -0.3 is 15.0 Å². The van der Waals surface area contributed by atoms with E-state index in [0.29, 0.717) is 12.2 Å². The summed E-state index contributed by atoms with van der Waals surface area (Å²) in [5, 5.41) is 2.56. The van der Waals surface area contributed by atoms with Gasteiger partial charge in [-0.2, -0.15) is 4.31 Å². The number of hydrogen-bond donors (Lipinski definition) is 1. The monoisotopic (exact) mass is 433 g/mol. The van der Waals surface area contributed by atoms with E-state index in [0.717, 1.165) is 0 Å². The maximum atomic E-state index is 13.5. The molecule has 1 fully saturated rings. The first kappa shape index (κ1) is 22.6. The van der Waals surface area contributed by atoms with E-state index in [9.17, 15) is 21.6 Å². The van der Waals surface area contributed by atoms with Crippen LogP contribution in [0.25, 0.3) is 0 Å². The molecule has 2 rings (SSSR count). The van der Waals surface area contributed by atoms with Gasteiger partial charge in [0.05, 0.1) is 18.6 Å². The van der Waals surface area contributed by atoms with Crippen LogP contribution in [0.4, 0.5) is 5.69 Å². The van der Waals surface area contributed by atoms with Gasteiger partial charge >= 0.3 is 0 Å². The van der Waals surface area contributed by atoms with E-state index in [1.807, 2.05) is 19.0 Å². The number of hydrogen-bond acceptors (Lipinski definition) is 7. The van der Waals surface area contributed by atoms with Crippen molar-refractivity contribution in [1.82, 2.24) is 9.21 Å². The Balaban J connectivity index is 2.50. The highest BCUT2D eigenvalue weighted by atomic mass is 32.2. The van der Waals surface area contributed by atoms with Crippen LogP contribution in [0.3, 0.4) is 0 Å². The molecule has 0 radical (unpaired) electrons. The van der Waals surface area contributed by atoms with E-state index in [4.69, 9.17) is 4.74 Å². The number of ether oxygens (including phenoxy) is 1. The van der Waals surface area contributed by atoms with Crippen molar-refractivity contribution in [3.05, 3.63) is 18.2 Å². The van der Waals surface area contributed by atoms with Crippen LogP contribution < -0.4 is 10.1 Å². The van der Waals surface area contributed by atoms with Gasteiger partial charge in [-0.1, -0.05) is 0 Å². The topological polar surface area (TPSA) is 113 Å². The highest BCUT2D eigenvalue weighted by Gasteiger charge is 2.39. The van der Waals surface area contributed by atoms with Gasteiger partial charge in [-0.3, -0.25) is 4.79 Å². The summed E-state index contributed by atoms with van der Waals surface area (Å²) in [6, 6.07) is 3.71. The second-order valence-corrected chi connectivity index (χ2v) is 11.1. The van der Waals surface area contributed by atoms with Gasteiger partial charge in [0.15, 0.2) is 9.84 Å². The van der Waals surface area contributed by atoms with E-state index in [1.165, 1.54) is 30.5 Å². The summed E-state index contributed by atoms with van der Waals surface area (Å²) in [6.45, 7) is 1.90. The van der Waals surface area contributed by atoms with Crippen molar-refractivity contribution >= 4 is 31.5 Å². The van der Waals surface area contributed by atoms with Crippen LogP contribution in [0.1, 0.15) is 13.3 Å². The van der Waals surface area contributed by atoms with Gasteiger partial charge in [-0.25, -0.2) is 16.8 Å². The summed E-state index contributed by atoms with van der Waals surface area (Å²) in [4.78, 5) is 13.1. The summed E-state index contributed by atoms with van der Waals surface area (Å²) in [6.07, 6.45) is 0.253. The molecule has 0 saturated carbocycles. The van der Waals surface area contributed by atoms with Crippen LogP contribution >= 0.6 is 0 Å². The number of sulfonamides is 1. The Morgan fingerprint density at radius 3 is 2.46 bits per heavy atom. The molecule has 158 valence electrons. The molecule has 11 heteroatoms. The number of nitrogens with one attached hydrogen (secondary N) is 1. The van der Waals surface area contributed by atoms with Crippen LogP contribution in [0.15, 0.2) is 23.1 Å². The fraction of sp³-hybridized carbons (Fsp3) is 0.588. The highest BCUT2D eigenvalue weighted by molar-refractivity contribution is 7.92. The lowest BCUT2D eigenvalue weighted by Crippen LogP contribution is -2.44. The van der Waals surface area contributed by atoms with Gasteiger partial charge in [0.2, 0.25) is 15.9 Å². The first-order chi connectivity index (χ1) is 13.0. The molecule has 0 bridgehead atoms. The van der Waals surface area contributed by atoms with Crippen LogP contribution in [0.2, 0.25) is 0 Å². The van der Waals surface area contributed by atoms with E-state index in [-0.39, 0.29) is 41.0 Å². The maximum absolute atomic E-state index is 13.5. The SMILES string of the molecule is COc1ccc(NC(C)=O)cc1S(=O)(=O)N(CCN(C)C)[C@@H]1CCS(=O)(=O)C1. The molecule has 28 heavy (non-hydrogen) atoms. The molecule has 0 aliphatic carbocycles. The molecule has 1 aliphatic rings. The van der Waals surface area contributed by atoms with E-state index >= 15 is 0 Å². The third-order valence-electron chi connectivity index (χ3n) is 4.45. The van der Waals surface area contributed by atoms with Crippen LogP contribution in [0, 0.1) is 0 Å². The summed E-state index contributed by atoms with van der Waals surface area (Å²) in [5.41, 5.74) is 0.318. The molecule has 1 atom stereocenters. The predicted molar refractivity (Wildman–Crippen MR) is 107 cm³/mol. The van der Waals surface area contributed by atoms with Gasteiger partial charge in [0.1, 0.15) is 10.6 Å². The van der Waals surface area contributed by atoms with Gasteiger partial charge in [0.25, 0.3) is 0 Å². The normalized spacial score (nSPS) is 19.1. The van der Waals surface area contributed by atoms with Gasteiger partial charge in [-0.15, -0.1) is 0 Å². The number of likely N-dealkylation sites (N-methyl/N-ethyl adjacent to an activating group) is 1. The van der Waals surface area contributed by atoms with Crippen molar-refractivity contribution in [2.45, 2.75) is 24.3 Å². The molecule has 9 nitrogen and oxygen atoms in total. The number of nitrogens with zero attached hydrogens (tertiary/aromatic N) is 2. The fourth-order valence-electron chi connectivity index (χ4n) is 3.09. The molecule has 1 amide bonds. The average molecular weight is 434 g/mol. The van der Waals surface area contributed by atoms with Crippen LogP contribution in [-0.4, -0.2) is 83.8 Å². The van der Waals surface area contributed by atoms with Crippen LogP contribution in [-0.2, 0) is 24.7 Å². The van der Waals surface area contributed by atoms with Gasteiger partial charge in [-0.05, 0) is 38.7 Å². The molecule has 0 aromatic heterocycles. The van der Waals surface area contributed by atoms with Crippen molar-refractivity contribution in [3.8, 4) is 5.75 Å². The molecular formula is C17H27N3O6S2. The minimum Gasteiger partial charge on any atom is -0.495 e. The minimum atomic E-state index is -4.07. The Morgan fingerprint density at radius 1 is 1.29 bits per heavy atom. The smallest absolute Gasteiger partial charge is 0.247 e. The highest BCUT2D eigenvalue weighted by Crippen LogP contribution is 2.32. The lowest BCUT2D eigenvalue weighted by atomic mass is 10.2. The van der Waals surface area contributed by atoms with Crippen molar-refractivity contribution in [3.63, 3.8) is 0 Å². The maximum Gasteiger partial charge on any atom is 0.247 e. The second kappa shape index (κ2) is 8.76. The quantitative estimate of drug-likeness (QED) is 0.631. The molecule has 1 N–H and O–H groups in total. The zero-order valence-electron chi connectivity index (χ0n) is 16.5. The molecule has 0 spiro atoms. The Bertz CT molecular complexity index is 928. The number of rotatable bonds is 8. The summed E-state index contributed by atoms with van der Waals surface area (Å²) in [5.74, 6) is -0.438.